The van der Waals surface area contributed by atoms with Gasteiger partial charge in [0.15, 0.2) is 0 Å². The summed E-state index contributed by atoms with van der Waals surface area (Å²) in [7, 11) is 2.04. The SMILES string of the molecule is CCCCc1ccc(C(NC)c2ccc(CC)s2)cc1. The maximum Gasteiger partial charge on any atom is 0.0668 e. The number of unbranched alkanes of at least 4 members (excludes halogenated alkanes) is 1. The molecule has 1 nitrogen and oxygen atoms in total. The first-order valence-electron chi connectivity index (χ1n) is 7.63. The van der Waals surface area contributed by atoms with Gasteiger partial charge in [-0.05, 0) is 49.6 Å². The van der Waals surface area contributed by atoms with Gasteiger partial charge in [-0.2, -0.15) is 0 Å². The van der Waals surface area contributed by atoms with Crippen molar-refractivity contribution in [3.63, 3.8) is 0 Å². The maximum atomic E-state index is 3.45. The molecule has 0 fully saturated rings. The number of nitrogens with one attached hydrogen (secondary N) is 1. The minimum Gasteiger partial charge on any atom is -0.309 e. The van der Waals surface area contributed by atoms with Gasteiger partial charge in [0.25, 0.3) is 0 Å². The molecule has 2 aromatic rings. The fourth-order valence-corrected chi connectivity index (χ4v) is 3.56. The van der Waals surface area contributed by atoms with E-state index < -0.39 is 0 Å². The summed E-state index contributed by atoms with van der Waals surface area (Å²) in [6.45, 7) is 4.46. The summed E-state index contributed by atoms with van der Waals surface area (Å²) in [5, 5.41) is 3.45. The third-order valence-electron chi connectivity index (χ3n) is 3.74. The van der Waals surface area contributed by atoms with E-state index in [0.29, 0.717) is 6.04 Å². The minimum absolute atomic E-state index is 0.320. The van der Waals surface area contributed by atoms with E-state index >= 15 is 0 Å². The van der Waals surface area contributed by atoms with Crippen molar-refractivity contribution in [3.8, 4) is 0 Å². The van der Waals surface area contributed by atoms with Crippen molar-refractivity contribution in [1.29, 1.82) is 0 Å². The Balaban J connectivity index is 2.14. The van der Waals surface area contributed by atoms with E-state index in [2.05, 4.69) is 55.6 Å². The van der Waals surface area contributed by atoms with E-state index in [1.165, 1.54) is 40.1 Å². The van der Waals surface area contributed by atoms with Crippen LogP contribution in [-0.2, 0) is 12.8 Å². The Hall–Kier alpha value is -1.12. The lowest BCUT2D eigenvalue weighted by Gasteiger charge is -2.15. The van der Waals surface area contributed by atoms with Crippen LogP contribution in [0.3, 0.4) is 0 Å². The van der Waals surface area contributed by atoms with Gasteiger partial charge in [0, 0.05) is 9.75 Å². The first-order valence-corrected chi connectivity index (χ1v) is 8.44. The van der Waals surface area contributed by atoms with Crippen molar-refractivity contribution >= 4 is 11.3 Å². The largest absolute Gasteiger partial charge is 0.309 e. The van der Waals surface area contributed by atoms with Gasteiger partial charge in [-0.3, -0.25) is 0 Å². The van der Waals surface area contributed by atoms with Crippen molar-refractivity contribution < 1.29 is 0 Å². The summed E-state index contributed by atoms with van der Waals surface area (Å²) in [5.41, 5.74) is 2.81. The molecule has 1 N–H and O–H groups in total. The van der Waals surface area contributed by atoms with Gasteiger partial charge in [-0.15, -0.1) is 11.3 Å². The average Bonchev–Trinajstić information content (AvgIpc) is 2.96. The minimum atomic E-state index is 0.320. The third kappa shape index (κ3) is 3.71. The van der Waals surface area contributed by atoms with Gasteiger partial charge >= 0.3 is 0 Å². The first kappa shape index (κ1) is 15.3. The Bertz CT molecular complexity index is 512. The van der Waals surface area contributed by atoms with Crippen molar-refractivity contribution in [2.75, 3.05) is 7.05 Å². The zero-order chi connectivity index (χ0) is 14.4. The van der Waals surface area contributed by atoms with Gasteiger partial charge < -0.3 is 5.32 Å². The molecule has 1 aromatic heterocycles. The zero-order valence-corrected chi connectivity index (χ0v) is 13.6. The molecule has 2 heteroatoms. The Morgan fingerprint density at radius 1 is 1.05 bits per heavy atom. The quantitative estimate of drug-likeness (QED) is 0.758. The Kier molecular flexibility index (Phi) is 5.81. The molecule has 0 aliphatic carbocycles. The van der Waals surface area contributed by atoms with Crippen LogP contribution in [0.2, 0.25) is 0 Å². The highest BCUT2D eigenvalue weighted by molar-refractivity contribution is 7.12. The van der Waals surface area contributed by atoms with E-state index in [4.69, 9.17) is 0 Å². The van der Waals surface area contributed by atoms with E-state index in [9.17, 15) is 0 Å². The summed E-state index contributed by atoms with van der Waals surface area (Å²) in [4.78, 5) is 2.87. The molecule has 0 aliphatic heterocycles. The van der Waals surface area contributed by atoms with Crippen molar-refractivity contribution in [1.82, 2.24) is 5.32 Å². The van der Waals surface area contributed by atoms with E-state index in [0.717, 1.165) is 6.42 Å². The zero-order valence-electron chi connectivity index (χ0n) is 12.8. The molecular formula is C18H25NS. The molecule has 108 valence electrons. The number of rotatable bonds is 7. The van der Waals surface area contributed by atoms with Crippen LogP contribution in [0.15, 0.2) is 36.4 Å². The number of hydrogen-bond acceptors (Lipinski definition) is 2. The average molecular weight is 287 g/mol. The monoisotopic (exact) mass is 287 g/mol. The van der Waals surface area contributed by atoms with Gasteiger partial charge in [-0.25, -0.2) is 0 Å². The number of hydrogen-bond donors (Lipinski definition) is 1. The van der Waals surface area contributed by atoms with Crippen LogP contribution in [0.1, 0.15) is 53.6 Å². The normalized spacial score (nSPS) is 12.6. The molecular weight excluding hydrogens is 262 g/mol. The summed E-state index contributed by atoms with van der Waals surface area (Å²) in [5.74, 6) is 0. The number of aryl methyl sites for hydroxylation is 2. The predicted octanol–water partition coefficient (Wildman–Crippen LogP) is 4.96. The second-order valence-electron chi connectivity index (χ2n) is 5.22. The van der Waals surface area contributed by atoms with E-state index in [1.54, 1.807) is 0 Å². The Morgan fingerprint density at radius 3 is 2.35 bits per heavy atom. The first-order chi connectivity index (χ1) is 9.78. The molecule has 2 rings (SSSR count). The molecule has 1 atom stereocenters. The lowest BCUT2D eigenvalue weighted by Crippen LogP contribution is -2.16. The molecule has 0 saturated heterocycles. The fourth-order valence-electron chi connectivity index (χ4n) is 2.47. The van der Waals surface area contributed by atoms with Crippen LogP contribution < -0.4 is 5.32 Å². The highest BCUT2D eigenvalue weighted by Gasteiger charge is 2.13. The smallest absolute Gasteiger partial charge is 0.0668 e. The van der Waals surface area contributed by atoms with Crippen molar-refractivity contribution in [3.05, 3.63) is 57.3 Å². The van der Waals surface area contributed by atoms with Crippen LogP contribution in [-0.4, -0.2) is 7.05 Å². The Morgan fingerprint density at radius 2 is 1.80 bits per heavy atom. The van der Waals surface area contributed by atoms with E-state index in [-0.39, 0.29) is 0 Å². The predicted molar refractivity (Wildman–Crippen MR) is 89.7 cm³/mol. The molecule has 0 aliphatic rings. The highest BCUT2D eigenvalue weighted by atomic mass is 32.1. The molecule has 1 unspecified atom stereocenters. The Labute approximate surface area is 127 Å². The van der Waals surface area contributed by atoms with E-state index in [1.807, 2.05) is 18.4 Å². The standard InChI is InChI=1S/C18H25NS/c1-4-6-7-14-8-10-15(11-9-14)18(19-3)17-13-12-16(5-2)20-17/h8-13,18-19H,4-7H2,1-3H3. The number of benzene rings is 1. The summed E-state index contributed by atoms with van der Waals surface area (Å²) >= 11 is 1.92. The van der Waals surface area contributed by atoms with Crippen LogP contribution >= 0.6 is 11.3 Å². The molecule has 1 aromatic carbocycles. The second kappa shape index (κ2) is 7.61. The van der Waals surface area contributed by atoms with Crippen LogP contribution in [0, 0.1) is 0 Å². The molecule has 0 saturated carbocycles. The lowest BCUT2D eigenvalue weighted by molar-refractivity contribution is 0.703. The molecule has 0 radical (unpaired) electrons. The lowest BCUT2D eigenvalue weighted by atomic mass is 10.0. The molecule has 1 heterocycles. The van der Waals surface area contributed by atoms with Crippen molar-refractivity contribution in [2.45, 2.75) is 45.6 Å². The van der Waals surface area contributed by atoms with Crippen LogP contribution in [0.5, 0.6) is 0 Å². The van der Waals surface area contributed by atoms with Gasteiger partial charge in [0.2, 0.25) is 0 Å². The second-order valence-corrected chi connectivity index (χ2v) is 6.42. The fraction of sp³-hybridized carbons (Fsp3) is 0.444. The maximum absolute atomic E-state index is 3.45. The highest BCUT2D eigenvalue weighted by Crippen LogP contribution is 2.28. The number of thiophene rings is 1. The van der Waals surface area contributed by atoms with Gasteiger partial charge in [0.05, 0.1) is 6.04 Å². The summed E-state index contributed by atoms with van der Waals surface area (Å²) in [6, 6.07) is 13.9. The summed E-state index contributed by atoms with van der Waals surface area (Å²) in [6.07, 6.45) is 4.85. The van der Waals surface area contributed by atoms with Crippen LogP contribution in [0.25, 0.3) is 0 Å². The third-order valence-corrected chi connectivity index (χ3v) is 5.03. The molecule has 0 bridgehead atoms. The van der Waals surface area contributed by atoms with Gasteiger partial charge in [0.1, 0.15) is 0 Å². The van der Waals surface area contributed by atoms with Gasteiger partial charge in [-0.1, -0.05) is 44.5 Å². The van der Waals surface area contributed by atoms with Crippen LogP contribution in [0.4, 0.5) is 0 Å². The molecule has 0 amide bonds. The topological polar surface area (TPSA) is 12.0 Å². The van der Waals surface area contributed by atoms with Crippen molar-refractivity contribution in [2.24, 2.45) is 0 Å². The summed E-state index contributed by atoms with van der Waals surface area (Å²) < 4.78 is 0. The molecule has 20 heavy (non-hydrogen) atoms. The molecule has 0 spiro atoms.